The molecule has 0 saturated heterocycles. The van der Waals surface area contributed by atoms with Crippen molar-refractivity contribution in [2.45, 2.75) is 26.8 Å². The van der Waals surface area contributed by atoms with Gasteiger partial charge in [-0.3, -0.25) is 4.79 Å². The first kappa shape index (κ1) is 12.3. The van der Waals surface area contributed by atoms with Gasteiger partial charge in [0.1, 0.15) is 18.5 Å². The molecule has 0 atom stereocenters. The lowest BCUT2D eigenvalue weighted by atomic mass is 10.1. The van der Waals surface area contributed by atoms with Gasteiger partial charge >= 0.3 is 0 Å². The molecule has 2 aromatic heterocycles. The fourth-order valence-electron chi connectivity index (χ4n) is 1.61. The van der Waals surface area contributed by atoms with Crippen molar-refractivity contribution in [3.05, 3.63) is 36.4 Å². The van der Waals surface area contributed by atoms with Gasteiger partial charge in [0.25, 0.3) is 0 Å². The predicted octanol–water partition coefficient (Wildman–Crippen LogP) is 1.15. The highest BCUT2D eigenvalue weighted by atomic mass is 16.1. The van der Waals surface area contributed by atoms with Gasteiger partial charge in [-0.1, -0.05) is 13.8 Å². The zero-order valence-corrected chi connectivity index (χ0v) is 10.4. The fourth-order valence-corrected chi connectivity index (χ4v) is 1.61. The highest BCUT2D eigenvalue weighted by Gasteiger charge is 2.13. The monoisotopic (exact) mass is 245 g/mol. The van der Waals surface area contributed by atoms with E-state index in [1.54, 1.807) is 4.68 Å². The number of nitrogens with zero attached hydrogens (tertiary/aromatic N) is 5. The Bertz CT molecular complexity index is 520. The summed E-state index contributed by atoms with van der Waals surface area (Å²) in [5.74, 6) is 1.09. The lowest BCUT2D eigenvalue weighted by Gasteiger charge is -2.07. The topological polar surface area (TPSA) is 73.6 Å². The summed E-state index contributed by atoms with van der Waals surface area (Å²) in [6.45, 7) is 4.95. The average Bonchev–Trinajstić information content (AvgIpc) is 2.77. The lowest BCUT2D eigenvalue weighted by Crippen LogP contribution is -2.14. The van der Waals surface area contributed by atoms with E-state index in [4.69, 9.17) is 0 Å². The number of hydrogen-bond donors (Lipinski definition) is 0. The number of aromatic nitrogens is 5. The molecule has 0 aliphatic carbocycles. The van der Waals surface area contributed by atoms with Gasteiger partial charge in [-0.2, -0.15) is 5.10 Å². The molecule has 6 nitrogen and oxygen atoms in total. The van der Waals surface area contributed by atoms with Crippen LogP contribution in [0.5, 0.6) is 0 Å². The van der Waals surface area contributed by atoms with Crippen LogP contribution in [0.1, 0.15) is 30.0 Å². The van der Waals surface area contributed by atoms with Crippen LogP contribution in [-0.4, -0.2) is 30.5 Å². The van der Waals surface area contributed by atoms with Crippen LogP contribution < -0.4 is 0 Å². The van der Waals surface area contributed by atoms with Crippen molar-refractivity contribution >= 4 is 5.78 Å². The molecule has 0 N–H and O–H groups in total. The van der Waals surface area contributed by atoms with Crippen LogP contribution in [0.25, 0.3) is 0 Å². The van der Waals surface area contributed by atoms with E-state index in [0.717, 1.165) is 6.54 Å². The van der Waals surface area contributed by atoms with E-state index in [-0.39, 0.29) is 12.2 Å². The molecule has 6 heteroatoms. The maximum Gasteiger partial charge on any atom is 0.173 e. The fraction of sp³-hybridized carbons (Fsp3) is 0.417. The molecule has 0 unspecified atom stereocenters. The first-order valence-electron chi connectivity index (χ1n) is 5.81. The Morgan fingerprint density at radius 1 is 1.28 bits per heavy atom. The Balaban J connectivity index is 2.10. The minimum Gasteiger partial charge on any atom is -0.294 e. The van der Waals surface area contributed by atoms with Crippen LogP contribution in [0.3, 0.4) is 0 Å². The molecule has 2 rings (SSSR count). The summed E-state index contributed by atoms with van der Waals surface area (Å²) in [4.78, 5) is 23.8. The highest BCUT2D eigenvalue weighted by molar-refractivity contribution is 5.96. The smallest absolute Gasteiger partial charge is 0.173 e. The Morgan fingerprint density at radius 3 is 2.67 bits per heavy atom. The second-order valence-electron chi connectivity index (χ2n) is 4.48. The van der Waals surface area contributed by atoms with Crippen LogP contribution in [0.4, 0.5) is 0 Å². The van der Waals surface area contributed by atoms with Crippen molar-refractivity contribution in [1.82, 2.24) is 24.7 Å². The highest BCUT2D eigenvalue weighted by Crippen LogP contribution is 2.05. The van der Waals surface area contributed by atoms with Gasteiger partial charge in [0, 0.05) is 18.9 Å². The zero-order valence-electron chi connectivity index (χ0n) is 10.4. The van der Waals surface area contributed by atoms with Crippen molar-refractivity contribution < 1.29 is 4.79 Å². The van der Waals surface area contributed by atoms with Gasteiger partial charge in [-0.05, 0) is 5.92 Å². The summed E-state index contributed by atoms with van der Waals surface area (Å²) >= 11 is 0. The van der Waals surface area contributed by atoms with E-state index in [2.05, 4.69) is 33.9 Å². The summed E-state index contributed by atoms with van der Waals surface area (Å²) in [5.41, 5.74) is 0.497. The van der Waals surface area contributed by atoms with Gasteiger partial charge in [0.15, 0.2) is 5.78 Å². The number of carbonyl (C=O) groups is 1. The molecule has 94 valence electrons. The van der Waals surface area contributed by atoms with E-state index in [0.29, 0.717) is 17.3 Å². The third-order valence-corrected chi connectivity index (χ3v) is 2.44. The summed E-state index contributed by atoms with van der Waals surface area (Å²) in [5, 5.41) is 4.13. The molecule has 0 saturated carbocycles. The summed E-state index contributed by atoms with van der Waals surface area (Å²) in [7, 11) is 0. The standard InChI is InChI=1S/C12H15N5O/c1-9(2)6-17-12(15-8-16-17)3-11(18)10-4-13-7-14-5-10/h4-5,7-9H,3,6H2,1-2H3. The Kier molecular flexibility index (Phi) is 3.76. The van der Waals surface area contributed by atoms with Crippen molar-refractivity contribution in [3.63, 3.8) is 0 Å². The molecule has 0 aliphatic heterocycles. The average molecular weight is 245 g/mol. The van der Waals surface area contributed by atoms with E-state index < -0.39 is 0 Å². The second-order valence-corrected chi connectivity index (χ2v) is 4.48. The number of ketones is 1. The molecule has 0 fully saturated rings. The number of rotatable bonds is 5. The molecule has 0 aliphatic rings. The van der Waals surface area contributed by atoms with E-state index in [1.807, 2.05) is 0 Å². The van der Waals surface area contributed by atoms with Gasteiger partial charge in [0.2, 0.25) is 0 Å². The maximum atomic E-state index is 12.0. The molecular formula is C12H15N5O. The Morgan fingerprint density at radius 2 is 2.00 bits per heavy atom. The van der Waals surface area contributed by atoms with Crippen LogP contribution in [-0.2, 0) is 13.0 Å². The molecule has 0 radical (unpaired) electrons. The molecule has 0 bridgehead atoms. The minimum atomic E-state index is -0.0476. The van der Waals surface area contributed by atoms with Gasteiger partial charge in [-0.15, -0.1) is 0 Å². The molecule has 2 heterocycles. The SMILES string of the molecule is CC(C)Cn1ncnc1CC(=O)c1cncnc1. The van der Waals surface area contributed by atoms with Crippen molar-refractivity contribution in [3.8, 4) is 0 Å². The Hall–Kier alpha value is -2.11. The van der Waals surface area contributed by atoms with E-state index >= 15 is 0 Å². The maximum absolute atomic E-state index is 12.0. The van der Waals surface area contributed by atoms with Crippen molar-refractivity contribution in [2.75, 3.05) is 0 Å². The quantitative estimate of drug-likeness (QED) is 0.739. The molecule has 0 spiro atoms. The van der Waals surface area contributed by atoms with Crippen LogP contribution in [0.2, 0.25) is 0 Å². The molecule has 0 aromatic carbocycles. The third kappa shape index (κ3) is 2.97. The van der Waals surface area contributed by atoms with Crippen LogP contribution in [0, 0.1) is 5.92 Å². The van der Waals surface area contributed by atoms with Gasteiger partial charge < -0.3 is 0 Å². The third-order valence-electron chi connectivity index (χ3n) is 2.44. The van der Waals surface area contributed by atoms with Crippen molar-refractivity contribution in [2.24, 2.45) is 5.92 Å². The second kappa shape index (κ2) is 5.48. The molecule has 2 aromatic rings. The molecule has 0 amide bonds. The first-order chi connectivity index (χ1) is 8.66. The molecular weight excluding hydrogens is 230 g/mol. The first-order valence-corrected chi connectivity index (χ1v) is 5.81. The minimum absolute atomic E-state index is 0.0476. The summed E-state index contributed by atoms with van der Waals surface area (Å²) < 4.78 is 1.77. The van der Waals surface area contributed by atoms with Gasteiger partial charge in [-0.25, -0.2) is 19.6 Å². The number of hydrogen-bond acceptors (Lipinski definition) is 5. The van der Waals surface area contributed by atoms with E-state index in [1.165, 1.54) is 25.0 Å². The van der Waals surface area contributed by atoms with E-state index in [9.17, 15) is 4.79 Å². The van der Waals surface area contributed by atoms with Crippen molar-refractivity contribution in [1.29, 1.82) is 0 Å². The largest absolute Gasteiger partial charge is 0.294 e. The Labute approximate surface area is 105 Å². The number of carbonyl (C=O) groups excluding carboxylic acids is 1. The number of Topliss-reactive ketones (excluding diaryl/α,β-unsaturated/α-hetero) is 1. The van der Waals surface area contributed by atoms with Gasteiger partial charge in [0.05, 0.1) is 12.0 Å². The van der Waals surface area contributed by atoms with Crippen LogP contribution >= 0.6 is 0 Å². The predicted molar refractivity (Wildman–Crippen MR) is 64.9 cm³/mol. The zero-order chi connectivity index (χ0) is 13.0. The summed E-state index contributed by atoms with van der Waals surface area (Å²) in [6.07, 6.45) is 6.13. The summed E-state index contributed by atoms with van der Waals surface area (Å²) in [6, 6.07) is 0. The normalized spacial score (nSPS) is 10.8. The van der Waals surface area contributed by atoms with Crippen LogP contribution in [0.15, 0.2) is 25.0 Å². The lowest BCUT2D eigenvalue weighted by molar-refractivity contribution is 0.0988. The molecule has 18 heavy (non-hydrogen) atoms.